The number of nitrogens with zero attached hydrogens (tertiary/aromatic N) is 3. The Morgan fingerprint density at radius 2 is 2.15 bits per heavy atom. The second-order valence-electron chi connectivity index (χ2n) is 5.61. The minimum atomic E-state index is 0.739. The van der Waals surface area contributed by atoms with E-state index in [2.05, 4.69) is 47.0 Å². The fourth-order valence-electron chi connectivity index (χ4n) is 2.59. The van der Waals surface area contributed by atoms with Crippen LogP contribution in [0, 0.1) is 0 Å². The van der Waals surface area contributed by atoms with Gasteiger partial charge in [-0.05, 0) is 24.0 Å². The van der Waals surface area contributed by atoms with Gasteiger partial charge in [0.15, 0.2) is 0 Å². The first-order chi connectivity index (χ1) is 9.74. The smallest absolute Gasteiger partial charge is 0.0534 e. The summed E-state index contributed by atoms with van der Waals surface area (Å²) in [7, 11) is 1.97. The van der Waals surface area contributed by atoms with Crippen molar-refractivity contribution >= 4 is 6.08 Å². The number of benzene rings is 1. The zero-order chi connectivity index (χ0) is 13.9. The lowest BCUT2D eigenvalue weighted by atomic mass is 10.1. The van der Waals surface area contributed by atoms with E-state index in [1.807, 2.05) is 24.0 Å². The third-order valence-electron chi connectivity index (χ3n) is 3.78. The molecule has 20 heavy (non-hydrogen) atoms. The van der Waals surface area contributed by atoms with Crippen molar-refractivity contribution < 1.29 is 0 Å². The van der Waals surface area contributed by atoms with Gasteiger partial charge in [-0.15, -0.1) is 0 Å². The third kappa shape index (κ3) is 3.17. The summed E-state index contributed by atoms with van der Waals surface area (Å²) in [6.45, 7) is 5.83. The highest BCUT2D eigenvalue weighted by atomic mass is 15.2. The number of hydrogen-bond acceptors (Lipinski definition) is 2. The van der Waals surface area contributed by atoms with Crippen LogP contribution in [0.15, 0.2) is 43.2 Å². The van der Waals surface area contributed by atoms with Gasteiger partial charge in [-0.1, -0.05) is 36.9 Å². The van der Waals surface area contributed by atoms with E-state index in [9.17, 15) is 0 Å². The minimum absolute atomic E-state index is 0.739. The quantitative estimate of drug-likeness (QED) is 0.801. The lowest BCUT2D eigenvalue weighted by Gasteiger charge is -2.21. The molecule has 104 valence electrons. The Bertz CT molecular complexity index is 596. The molecule has 1 saturated carbocycles. The maximum atomic E-state index is 4.26. The van der Waals surface area contributed by atoms with E-state index < -0.39 is 0 Å². The van der Waals surface area contributed by atoms with E-state index in [0.29, 0.717) is 0 Å². The average molecular weight is 267 g/mol. The molecular weight excluding hydrogens is 246 g/mol. The van der Waals surface area contributed by atoms with E-state index in [4.69, 9.17) is 0 Å². The molecule has 3 heteroatoms. The normalized spacial score (nSPS) is 14.7. The largest absolute Gasteiger partial charge is 0.292 e. The molecule has 3 rings (SSSR count). The van der Waals surface area contributed by atoms with Crippen molar-refractivity contribution in [3.05, 3.63) is 59.9 Å². The molecule has 1 aliphatic rings. The van der Waals surface area contributed by atoms with Gasteiger partial charge in [-0.3, -0.25) is 9.58 Å². The van der Waals surface area contributed by atoms with Gasteiger partial charge in [0.25, 0.3) is 0 Å². The Kier molecular flexibility index (Phi) is 3.70. The monoisotopic (exact) mass is 267 g/mol. The summed E-state index contributed by atoms with van der Waals surface area (Å²) >= 11 is 0. The predicted octanol–water partition coefficient (Wildman–Crippen LogP) is 3.23. The standard InChI is InChI=1S/C17H21N3/c1-3-14-5-4-6-15(9-14)12-20(17-7-8-17)13-16-10-18-19(2)11-16/h3-6,9-11,17H,1,7-8,12-13H2,2H3. The van der Waals surface area contributed by atoms with Gasteiger partial charge < -0.3 is 0 Å². The number of aromatic nitrogens is 2. The maximum absolute atomic E-state index is 4.26. The molecule has 0 bridgehead atoms. The molecule has 0 saturated heterocycles. The number of hydrogen-bond donors (Lipinski definition) is 0. The van der Waals surface area contributed by atoms with Gasteiger partial charge in [-0.25, -0.2) is 0 Å². The second kappa shape index (κ2) is 5.63. The van der Waals surface area contributed by atoms with Crippen molar-refractivity contribution in [2.24, 2.45) is 7.05 Å². The summed E-state index contributed by atoms with van der Waals surface area (Å²) in [5.41, 5.74) is 3.84. The van der Waals surface area contributed by atoms with Crippen LogP contribution in [-0.2, 0) is 20.1 Å². The Balaban J connectivity index is 1.72. The molecule has 0 radical (unpaired) electrons. The average Bonchev–Trinajstić information content (AvgIpc) is 3.22. The molecule has 1 aliphatic carbocycles. The zero-order valence-corrected chi connectivity index (χ0v) is 12.0. The SMILES string of the molecule is C=Cc1cccc(CN(Cc2cnn(C)c2)C2CC2)c1. The molecule has 1 fully saturated rings. The van der Waals surface area contributed by atoms with Crippen LogP contribution in [0.4, 0.5) is 0 Å². The van der Waals surface area contributed by atoms with Gasteiger partial charge in [0, 0.05) is 37.9 Å². The Morgan fingerprint density at radius 1 is 1.35 bits per heavy atom. The Morgan fingerprint density at radius 3 is 2.80 bits per heavy atom. The number of rotatable bonds is 6. The Labute approximate surface area is 120 Å². The fraction of sp³-hybridized carbons (Fsp3) is 0.353. The molecule has 0 amide bonds. The molecule has 0 aliphatic heterocycles. The van der Waals surface area contributed by atoms with Crippen molar-refractivity contribution in [2.45, 2.75) is 32.0 Å². The summed E-state index contributed by atoms with van der Waals surface area (Å²) in [5, 5.41) is 4.26. The van der Waals surface area contributed by atoms with Crippen LogP contribution < -0.4 is 0 Å². The van der Waals surface area contributed by atoms with Crippen molar-refractivity contribution in [3.8, 4) is 0 Å². The Hall–Kier alpha value is -1.87. The van der Waals surface area contributed by atoms with Crippen LogP contribution >= 0.6 is 0 Å². The van der Waals surface area contributed by atoms with Crippen molar-refractivity contribution in [1.82, 2.24) is 14.7 Å². The lowest BCUT2D eigenvalue weighted by molar-refractivity contribution is 0.245. The first-order valence-corrected chi connectivity index (χ1v) is 7.17. The lowest BCUT2D eigenvalue weighted by Crippen LogP contribution is -2.24. The highest BCUT2D eigenvalue weighted by Gasteiger charge is 2.29. The van der Waals surface area contributed by atoms with Crippen LogP contribution in [-0.4, -0.2) is 20.7 Å². The minimum Gasteiger partial charge on any atom is -0.292 e. The van der Waals surface area contributed by atoms with Gasteiger partial charge in [-0.2, -0.15) is 5.10 Å². The van der Waals surface area contributed by atoms with Crippen molar-refractivity contribution in [2.75, 3.05) is 0 Å². The summed E-state index contributed by atoms with van der Waals surface area (Å²) in [6.07, 6.45) is 8.62. The molecule has 1 aromatic carbocycles. The molecule has 2 aromatic rings. The topological polar surface area (TPSA) is 21.1 Å². The molecule has 0 N–H and O–H groups in total. The van der Waals surface area contributed by atoms with Crippen LogP contribution in [0.2, 0.25) is 0 Å². The van der Waals surface area contributed by atoms with E-state index in [-0.39, 0.29) is 0 Å². The number of aryl methyl sites for hydroxylation is 1. The van der Waals surface area contributed by atoms with Gasteiger partial charge >= 0.3 is 0 Å². The second-order valence-corrected chi connectivity index (χ2v) is 5.61. The highest BCUT2D eigenvalue weighted by Crippen LogP contribution is 2.29. The molecule has 0 atom stereocenters. The summed E-state index contributed by atoms with van der Waals surface area (Å²) < 4.78 is 1.87. The van der Waals surface area contributed by atoms with Crippen LogP contribution in [0.3, 0.4) is 0 Å². The van der Waals surface area contributed by atoms with Gasteiger partial charge in [0.2, 0.25) is 0 Å². The first-order valence-electron chi connectivity index (χ1n) is 7.17. The zero-order valence-electron chi connectivity index (χ0n) is 12.0. The highest BCUT2D eigenvalue weighted by molar-refractivity contribution is 5.47. The molecule has 3 nitrogen and oxygen atoms in total. The molecule has 0 unspecified atom stereocenters. The summed E-state index contributed by atoms with van der Waals surface area (Å²) in [4.78, 5) is 2.55. The van der Waals surface area contributed by atoms with Crippen molar-refractivity contribution in [3.63, 3.8) is 0 Å². The summed E-state index contributed by atoms with van der Waals surface area (Å²) in [5.74, 6) is 0. The first kappa shape index (κ1) is 13.1. The third-order valence-corrected chi connectivity index (χ3v) is 3.78. The van der Waals surface area contributed by atoms with Crippen LogP contribution in [0.5, 0.6) is 0 Å². The van der Waals surface area contributed by atoms with E-state index in [1.165, 1.54) is 29.5 Å². The molecule has 1 heterocycles. The van der Waals surface area contributed by atoms with Crippen LogP contribution in [0.25, 0.3) is 6.08 Å². The maximum Gasteiger partial charge on any atom is 0.0534 e. The predicted molar refractivity (Wildman–Crippen MR) is 82.0 cm³/mol. The van der Waals surface area contributed by atoms with E-state index in [1.54, 1.807) is 0 Å². The van der Waals surface area contributed by atoms with Gasteiger partial charge in [0.05, 0.1) is 6.20 Å². The van der Waals surface area contributed by atoms with E-state index in [0.717, 1.165) is 19.1 Å². The van der Waals surface area contributed by atoms with E-state index >= 15 is 0 Å². The molecule has 1 aromatic heterocycles. The van der Waals surface area contributed by atoms with Crippen molar-refractivity contribution in [1.29, 1.82) is 0 Å². The van der Waals surface area contributed by atoms with Crippen LogP contribution in [0.1, 0.15) is 29.5 Å². The fourth-order valence-corrected chi connectivity index (χ4v) is 2.59. The van der Waals surface area contributed by atoms with Gasteiger partial charge in [0.1, 0.15) is 0 Å². The molecular formula is C17H21N3. The summed E-state index contributed by atoms with van der Waals surface area (Å²) in [6, 6.07) is 9.38. The molecule has 0 spiro atoms.